The van der Waals surface area contributed by atoms with Crippen molar-refractivity contribution in [3.8, 4) is 0 Å². The third-order valence-corrected chi connectivity index (χ3v) is 3.59. The highest BCUT2D eigenvalue weighted by Crippen LogP contribution is 2.19. The number of carbonyl (C=O) groups is 1. The van der Waals surface area contributed by atoms with E-state index in [9.17, 15) is 4.79 Å². The fourth-order valence-electron chi connectivity index (χ4n) is 2.34. The summed E-state index contributed by atoms with van der Waals surface area (Å²) in [6.45, 7) is 8.43. The van der Waals surface area contributed by atoms with Gasteiger partial charge in [0.25, 0.3) is 0 Å². The highest BCUT2D eigenvalue weighted by molar-refractivity contribution is 5.75. The molecular formula is C13H26N2O. The van der Waals surface area contributed by atoms with E-state index in [0.717, 1.165) is 19.0 Å². The van der Waals surface area contributed by atoms with Crippen molar-refractivity contribution in [3.05, 3.63) is 0 Å². The summed E-state index contributed by atoms with van der Waals surface area (Å²) >= 11 is 0. The van der Waals surface area contributed by atoms with Crippen LogP contribution in [0.1, 0.15) is 46.0 Å². The Labute approximate surface area is 99.6 Å². The average molecular weight is 226 g/mol. The molecular weight excluding hydrogens is 200 g/mol. The van der Waals surface area contributed by atoms with E-state index >= 15 is 0 Å². The molecule has 1 aliphatic heterocycles. The lowest BCUT2D eigenvalue weighted by atomic mass is 9.98. The lowest BCUT2D eigenvalue weighted by Gasteiger charge is -2.20. The van der Waals surface area contributed by atoms with E-state index in [2.05, 4.69) is 17.1 Å². The minimum Gasteiger partial charge on any atom is -0.355 e. The maximum Gasteiger partial charge on any atom is 0.219 e. The molecule has 1 amide bonds. The van der Waals surface area contributed by atoms with Crippen molar-refractivity contribution < 1.29 is 4.79 Å². The molecule has 1 fully saturated rings. The Morgan fingerprint density at radius 3 is 2.81 bits per heavy atom. The molecule has 0 aromatic rings. The maximum atomic E-state index is 11.1. The molecule has 1 aliphatic rings. The van der Waals surface area contributed by atoms with Crippen LogP contribution in [0.5, 0.6) is 0 Å². The third-order valence-electron chi connectivity index (χ3n) is 3.59. The van der Waals surface area contributed by atoms with Crippen molar-refractivity contribution in [1.29, 1.82) is 0 Å². The van der Waals surface area contributed by atoms with Gasteiger partial charge in [0.1, 0.15) is 0 Å². The molecule has 0 aromatic carbocycles. The Morgan fingerprint density at radius 1 is 1.31 bits per heavy atom. The fourth-order valence-corrected chi connectivity index (χ4v) is 2.34. The van der Waals surface area contributed by atoms with Gasteiger partial charge in [-0.1, -0.05) is 20.3 Å². The highest BCUT2D eigenvalue weighted by Gasteiger charge is 2.15. The summed E-state index contributed by atoms with van der Waals surface area (Å²) in [7, 11) is 0. The minimum absolute atomic E-state index is 0.168. The van der Waals surface area contributed by atoms with Gasteiger partial charge in [0.15, 0.2) is 0 Å². The summed E-state index contributed by atoms with van der Waals surface area (Å²) in [6, 6.07) is 0. The van der Waals surface area contributed by atoms with Gasteiger partial charge in [-0.25, -0.2) is 0 Å². The third kappa shape index (κ3) is 4.97. The lowest BCUT2D eigenvalue weighted by molar-refractivity contribution is -0.120. The largest absolute Gasteiger partial charge is 0.355 e. The molecule has 3 nitrogen and oxygen atoms in total. The second kappa shape index (κ2) is 7.66. The van der Waals surface area contributed by atoms with Crippen LogP contribution in [0.3, 0.4) is 0 Å². The van der Waals surface area contributed by atoms with Crippen molar-refractivity contribution in [2.24, 2.45) is 5.92 Å². The Hall–Kier alpha value is -0.570. The van der Waals surface area contributed by atoms with Crippen LogP contribution in [0.15, 0.2) is 0 Å². The summed E-state index contributed by atoms with van der Waals surface area (Å²) in [5.41, 5.74) is 0. The Balaban J connectivity index is 2.15. The molecule has 1 rings (SSSR count). The molecule has 94 valence electrons. The fraction of sp³-hybridized carbons (Fsp3) is 0.923. The van der Waals surface area contributed by atoms with Crippen molar-refractivity contribution in [2.45, 2.75) is 46.0 Å². The standard InChI is InChI=1S/C13H26N2O/c1-3-12-6-5-9-15(10-7-12)11-8-14-13(16)4-2/h12H,3-11H2,1-2H3,(H,14,16). The van der Waals surface area contributed by atoms with Crippen molar-refractivity contribution >= 4 is 5.91 Å². The van der Waals surface area contributed by atoms with E-state index < -0.39 is 0 Å². The van der Waals surface area contributed by atoms with E-state index in [1.165, 1.54) is 38.8 Å². The van der Waals surface area contributed by atoms with Gasteiger partial charge in [0.05, 0.1) is 0 Å². The van der Waals surface area contributed by atoms with E-state index in [-0.39, 0.29) is 5.91 Å². The molecule has 3 heteroatoms. The predicted molar refractivity (Wildman–Crippen MR) is 67.4 cm³/mol. The smallest absolute Gasteiger partial charge is 0.219 e. The zero-order valence-electron chi connectivity index (χ0n) is 10.8. The number of nitrogens with one attached hydrogen (secondary N) is 1. The zero-order valence-corrected chi connectivity index (χ0v) is 10.8. The van der Waals surface area contributed by atoms with Crippen LogP contribution in [0.25, 0.3) is 0 Å². The maximum absolute atomic E-state index is 11.1. The van der Waals surface area contributed by atoms with Gasteiger partial charge in [-0.05, 0) is 38.3 Å². The lowest BCUT2D eigenvalue weighted by Crippen LogP contribution is -2.35. The predicted octanol–water partition coefficient (Wildman–Crippen LogP) is 2.02. The summed E-state index contributed by atoms with van der Waals surface area (Å²) in [5.74, 6) is 1.09. The van der Waals surface area contributed by atoms with E-state index in [0.29, 0.717) is 6.42 Å². The van der Waals surface area contributed by atoms with E-state index in [4.69, 9.17) is 0 Å². The normalized spacial score (nSPS) is 22.8. The van der Waals surface area contributed by atoms with Crippen LogP contribution in [-0.4, -0.2) is 37.0 Å². The number of amides is 1. The van der Waals surface area contributed by atoms with E-state index in [1.54, 1.807) is 0 Å². The molecule has 1 atom stereocenters. The second-order valence-corrected chi connectivity index (χ2v) is 4.75. The molecule has 0 bridgehead atoms. The van der Waals surface area contributed by atoms with Gasteiger partial charge in [0, 0.05) is 19.5 Å². The topological polar surface area (TPSA) is 32.3 Å². The van der Waals surface area contributed by atoms with Gasteiger partial charge in [-0.15, -0.1) is 0 Å². The second-order valence-electron chi connectivity index (χ2n) is 4.75. The number of nitrogens with zero attached hydrogens (tertiary/aromatic N) is 1. The van der Waals surface area contributed by atoms with Crippen LogP contribution >= 0.6 is 0 Å². The summed E-state index contributed by atoms with van der Waals surface area (Å²) in [4.78, 5) is 13.6. The quantitative estimate of drug-likeness (QED) is 0.778. The van der Waals surface area contributed by atoms with Gasteiger partial charge in [-0.2, -0.15) is 0 Å². The molecule has 0 aromatic heterocycles. The molecule has 1 heterocycles. The average Bonchev–Trinajstić information content (AvgIpc) is 2.54. The number of hydrogen-bond acceptors (Lipinski definition) is 2. The van der Waals surface area contributed by atoms with Crippen molar-refractivity contribution in [3.63, 3.8) is 0 Å². The zero-order chi connectivity index (χ0) is 11.8. The monoisotopic (exact) mass is 226 g/mol. The van der Waals surface area contributed by atoms with Crippen LogP contribution < -0.4 is 5.32 Å². The van der Waals surface area contributed by atoms with Crippen molar-refractivity contribution in [2.75, 3.05) is 26.2 Å². The molecule has 0 saturated carbocycles. The molecule has 0 aliphatic carbocycles. The summed E-state index contributed by atoms with van der Waals surface area (Å²) in [5, 5.41) is 2.94. The first-order chi connectivity index (χ1) is 7.76. The Morgan fingerprint density at radius 2 is 2.12 bits per heavy atom. The first-order valence-electron chi connectivity index (χ1n) is 6.75. The molecule has 1 saturated heterocycles. The summed E-state index contributed by atoms with van der Waals surface area (Å²) < 4.78 is 0. The Bertz CT molecular complexity index is 206. The van der Waals surface area contributed by atoms with Gasteiger partial charge >= 0.3 is 0 Å². The van der Waals surface area contributed by atoms with Crippen molar-refractivity contribution in [1.82, 2.24) is 10.2 Å². The number of likely N-dealkylation sites (tertiary alicyclic amines) is 1. The first-order valence-corrected chi connectivity index (χ1v) is 6.75. The van der Waals surface area contributed by atoms with Crippen LogP contribution in [0.4, 0.5) is 0 Å². The SMILES string of the molecule is CCC(=O)NCCN1CCCC(CC)CC1. The molecule has 0 spiro atoms. The molecule has 1 unspecified atom stereocenters. The molecule has 16 heavy (non-hydrogen) atoms. The van der Waals surface area contributed by atoms with Gasteiger partial charge < -0.3 is 10.2 Å². The number of carbonyl (C=O) groups excluding carboxylic acids is 1. The van der Waals surface area contributed by atoms with Crippen LogP contribution in [-0.2, 0) is 4.79 Å². The van der Waals surface area contributed by atoms with Crippen LogP contribution in [0, 0.1) is 5.92 Å². The summed E-state index contributed by atoms with van der Waals surface area (Å²) in [6.07, 6.45) is 5.95. The molecule has 1 N–H and O–H groups in total. The molecule has 0 radical (unpaired) electrons. The van der Waals surface area contributed by atoms with Crippen LogP contribution in [0.2, 0.25) is 0 Å². The highest BCUT2D eigenvalue weighted by atomic mass is 16.1. The minimum atomic E-state index is 0.168. The Kier molecular flexibility index (Phi) is 6.46. The van der Waals surface area contributed by atoms with Gasteiger partial charge in [-0.3, -0.25) is 4.79 Å². The van der Waals surface area contributed by atoms with Gasteiger partial charge in [0.2, 0.25) is 5.91 Å². The number of rotatable bonds is 5. The first kappa shape index (κ1) is 13.5. The number of hydrogen-bond donors (Lipinski definition) is 1. The van der Waals surface area contributed by atoms with E-state index in [1.807, 2.05) is 6.92 Å².